The van der Waals surface area contributed by atoms with Gasteiger partial charge in [-0.15, -0.1) is 0 Å². The lowest BCUT2D eigenvalue weighted by Crippen LogP contribution is -1.94. The molecule has 0 aromatic heterocycles. The van der Waals surface area contributed by atoms with Gasteiger partial charge in [-0.3, -0.25) is 0 Å². The summed E-state index contributed by atoms with van der Waals surface area (Å²) in [5.74, 6) is 0. The summed E-state index contributed by atoms with van der Waals surface area (Å²) in [6, 6.07) is 8.90. The van der Waals surface area contributed by atoms with Crippen molar-refractivity contribution in [3.05, 3.63) is 47.0 Å². The van der Waals surface area contributed by atoms with Crippen LogP contribution in [-0.4, -0.2) is 0 Å². The molecule has 0 atom stereocenters. The molecule has 0 unspecified atom stereocenters. The van der Waals surface area contributed by atoms with Crippen LogP contribution in [0.5, 0.6) is 0 Å². The summed E-state index contributed by atoms with van der Waals surface area (Å²) in [6.07, 6.45) is 10.5. The SMILES string of the molecule is Cc1ccc(CC=C2CCCCC2)cc1. The lowest BCUT2D eigenvalue weighted by atomic mass is 9.93. The standard InChI is InChI=1S/C15H20/c1-13-7-9-15(10-8-13)12-11-14-5-3-2-4-6-14/h7-11H,2-6,12H2,1H3. The fourth-order valence-electron chi connectivity index (χ4n) is 2.20. The third-order valence-electron chi connectivity index (χ3n) is 3.24. The molecule has 0 amide bonds. The minimum atomic E-state index is 1.12. The van der Waals surface area contributed by atoms with Crippen LogP contribution in [0.2, 0.25) is 0 Å². The minimum absolute atomic E-state index is 1.12. The molecule has 0 radical (unpaired) electrons. The summed E-state index contributed by atoms with van der Waals surface area (Å²) in [5.41, 5.74) is 4.48. The molecule has 0 saturated heterocycles. The molecule has 0 spiro atoms. The molecule has 0 heteroatoms. The summed E-state index contributed by atoms with van der Waals surface area (Å²) < 4.78 is 0. The zero-order valence-corrected chi connectivity index (χ0v) is 9.63. The molecule has 2 rings (SSSR count). The van der Waals surface area contributed by atoms with E-state index in [0.29, 0.717) is 0 Å². The summed E-state index contributed by atoms with van der Waals surface area (Å²) in [5, 5.41) is 0. The van der Waals surface area contributed by atoms with Gasteiger partial charge >= 0.3 is 0 Å². The number of benzene rings is 1. The van der Waals surface area contributed by atoms with Gasteiger partial charge in [0.25, 0.3) is 0 Å². The van der Waals surface area contributed by atoms with Crippen LogP contribution < -0.4 is 0 Å². The summed E-state index contributed by atoms with van der Waals surface area (Å²) >= 11 is 0. The van der Waals surface area contributed by atoms with Crippen molar-refractivity contribution in [2.75, 3.05) is 0 Å². The lowest BCUT2D eigenvalue weighted by Gasteiger charge is -2.13. The molecule has 0 nitrogen and oxygen atoms in total. The third-order valence-corrected chi connectivity index (χ3v) is 3.24. The van der Waals surface area contributed by atoms with Crippen molar-refractivity contribution >= 4 is 0 Å². The third kappa shape index (κ3) is 3.23. The maximum atomic E-state index is 2.45. The first-order valence-electron chi connectivity index (χ1n) is 6.08. The van der Waals surface area contributed by atoms with E-state index < -0.39 is 0 Å². The Bertz CT molecular complexity index is 322. The number of hydrogen-bond acceptors (Lipinski definition) is 0. The van der Waals surface area contributed by atoms with Crippen molar-refractivity contribution in [2.45, 2.75) is 45.4 Å². The van der Waals surface area contributed by atoms with E-state index in [2.05, 4.69) is 37.3 Å². The second-order valence-electron chi connectivity index (χ2n) is 4.61. The van der Waals surface area contributed by atoms with E-state index in [1.807, 2.05) is 0 Å². The van der Waals surface area contributed by atoms with Crippen LogP contribution in [0.3, 0.4) is 0 Å². The number of aryl methyl sites for hydroxylation is 1. The Kier molecular flexibility index (Phi) is 3.60. The van der Waals surface area contributed by atoms with Crippen LogP contribution in [0.15, 0.2) is 35.9 Å². The monoisotopic (exact) mass is 200 g/mol. The van der Waals surface area contributed by atoms with Crippen molar-refractivity contribution in [1.82, 2.24) is 0 Å². The van der Waals surface area contributed by atoms with E-state index in [-0.39, 0.29) is 0 Å². The highest BCUT2D eigenvalue weighted by molar-refractivity contribution is 5.24. The van der Waals surface area contributed by atoms with Crippen LogP contribution in [0.4, 0.5) is 0 Å². The van der Waals surface area contributed by atoms with E-state index in [9.17, 15) is 0 Å². The maximum Gasteiger partial charge on any atom is -0.00948 e. The lowest BCUT2D eigenvalue weighted by molar-refractivity contribution is 0.597. The first-order chi connectivity index (χ1) is 7.34. The highest BCUT2D eigenvalue weighted by Crippen LogP contribution is 2.23. The van der Waals surface area contributed by atoms with Crippen LogP contribution in [0.25, 0.3) is 0 Å². The predicted molar refractivity (Wildman–Crippen MR) is 66.1 cm³/mol. The van der Waals surface area contributed by atoms with E-state index in [4.69, 9.17) is 0 Å². The average Bonchev–Trinajstić information content (AvgIpc) is 2.30. The van der Waals surface area contributed by atoms with Gasteiger partial charge in [0, 0.05) is 0 Å². The van der Waals surface area contributed by atoms with Gasteiger partial charge in [0.15, 0.2) is 0 Å². The second-order valence-corrected chi connectivity index (χ2v) is 4.61. The molecule has 1 aliphatic carbocycles. The first-order valence-corrected chi connectivity index (χ1v) is 6.08. The van der Waals surface area contributed by atoms with E-state index in [1.165, 1.54) is 43.2 Å². The molecule has 15 heavy (non-hydrogen) atoms. The highest BCUT2D eigenvalue weighted by atomic mass is 14.1. The average molecular weight is 200 g/mol. The Hall–Kier alpha value is -1.04. The topological polar surface area (TPSA) is 0 Å². The Morgan fingerprint density at radius 1 is 1.00 bits per heavy atom. The van der Waals surface area contributed by atoms with E-state index in [0.717, 1.165) is 6.42 Å². The van der Waals surface area contributed by atoms with Crippen molar-refractivity contribution < 1.29 is 0 Å². The highest BCUT2D eigenvalue weighted by Gasteiger charge is 2.04. The Labute approximate surface area is 93.0 Å². The number of hydrogen-bond donors (Lipinski definition) is 0. The molecular formula is C15H20. The zero-order chi connectivity index (χ0) is 10.5. The maximum absolute atomic E-state index is 2.45. The molecule has 1 aromatic rings. The first kappa shape index (κ1) is 10.5. The fraction of sp³-hybridized carbons (Fsp3) is 0.467. The van der Waals surface area contributed by atoms with Crippen molar-refractivity contribution in [3.8, 4) is 0 Å². The molecule has 1 fully saturated rings. The minimum Gasteiger partial charge on any atom is -0.0809 e. The van der Waals surface area contributed by atoms with Gasteiger partial charge in [-0.1, -0.05) is 47.9 Å². The molecule has 0 heterocycles. The molecule has 80 valence electrons. The van der Waals surface area contributed by atoms with Gasteiger partial charge in [-0.25, -0.2) is 0 Å². The van der Waals surface area contributed by atoms with Gasteiger partial charge in [-0.05, 0) is 44.6 Å². The van der Waals surface area contributed by atoms with Gasteiger partial charge in [0.05, 0.1) is 0 Å². The van der Waals surface area contributed by atoms with Crippen molar-refractivity contribution in [1.29, 1.82) is 0 Å². The van der Waals surface area contributed by atoms with Crippen molar-refractivity contribution in [2.24, 2.45) is 0 Å². The molecule has 1 aromatic carbocycles. The normalized spacial score (nSPS) is 16.5. The molecule has 0 aliphatic heterocycles. The largest absolute Gasteiger partial charge is 0.0809 e. The number of allylic oxidation sites excluding steroid dienone is 2. The number of rotatable bonds is 2. The summed E-state index contributed by atoms with van der Waals surface area (Å²) in [4.78, 5) is 0. The van der Waals surface area contributed by atoms with Gasteiger partial charge in [-0.2, -0.15) is 0 Å². The van der Waals surface area contributed by atoms with Crippen LogP contribution in [0.1, 0.15) is 43.2 Å². The molecule has 0 bridgehead atoms. The molecule has 1 aliphatic rings. The Morgan fingerprint density at radius 3 is 2.33 bits per heavy atom. The fourth-order valence-corrected chi connectivity index (χ4v) is 2.20. The van der Waals surface area contributed by atoms with Crippen LogP contribution in [0, 0.1) is 6.92 Å². The molecule has 1 saturated carbocycles. The quantitative estimate of drug-likeness (QED) is 0.620. The predicted octanol–water partition coefficient (Wildman–Crippen LogP) is 4.43. The van der Waals surface area contributed by atoms with Gasteiger partial charge < -0.3 is 0 Å². The Balaban J connectivity index is 1.94. The smallest absolute Gasteiger partial charge is 0.00948 e. The molecule has 0 N–H and O–H groups in total. The van der Waals surface area contributed by atoms with E-state index >= 15 is 0 Å². The molecular weight excluding hydrogens is 180 g/mol. The van der Waals surface area contributed by atoms with E-state index in [1.54, 1.807) is 5.57 Å². The summed E-state index contributed by atoms with van der Waals surface area (Å²) in [7, 11) is 0. The Morgan fingerprint density at radius 2 is 1.67 bits per heavy atom. The summed E-state index contributed by atoms with van der Waals surface area (Å²) in [6.45, 7) is 2.14. The van der Waals surface area contributed by atoms with Gasteiger partial charge in [0.2, 0.25) is 0 Å². The van der Waals surface area contributed by atoms with Gasteiger partial charge in [0.1, 0.15) is 0 Å². The zero-order valence-electron chi connectivity index (χ0n) is 9.63. The van der Waals surface area contributed by atoms with Crippen LogP contribution >= 0.6 is 0 Å². The van der Waals surface area contributed by atoms with Crippen LogP contribution in [-0.2, 0) is 6.42 Å². The second kappa shape index (κ2) is 5.16. The van der Waals surface area contributed by atoms with Crippen molar-refractivity contribution in [3.63, 3.8) is 0 Å².